The molecule has 3 nitrogen and oxygen atoms in total. The summed E-state index contributed by atoms with van der Waals surface area (Å²) in [4.78, 5) is 12.2. The van der Waals surface area contributed by atoms with Crippen LogP contribution >= 0.6 is 0 Å². The second kappa shape index (κ2) is 5.79. The summed E-state index contributed by atoms with van der Waals surface area (Å²) in [6, 6.07) is 0. The zero-order chi connectivity index (χ0) is 18.0. The molecule has 25 heavy (non-hydrogen) atoms. The van der Waals surface area contributed by atoms with Gasteiger partial charge in [0.25, 0.3) is 0 Å². The fourth-order valence-corrected chi connectivity index (χ4v) is 8.18. The maximum absolute atomic E-state index is 12.2. The highest BCUT2D eigenvalue weighted by molar-refractivity contribution is 5.80. The van der Waals surface area contributed by atoms with E-state index in [1.54, 1.807) is 0 Å². The molecule has 3 heteroatoms. The van der Waals surface area contributed by atoms with Gasteiger partial charge in [-0.05, 0) is 85.4 Å². The number of carbonyl (C=O) groups excluding carboxylic acids is 1. The van der Waals surface area contributed by atoms with E-state index in [1.807, 2.05) is 0 Å². The van der Waals surface area contributed by atoms with Gasteiger partial charge < -0.3 is 10.2 Å². The van der Waals surface area contributed by atoms with Crippen LogP contribution in [0.3, 0.4) is 0 Å². The molecule has 0 aliphatic heterocycles. The highest BCUT2D eigenvalue weighted by Crippen LogP contribution is 2.69. The lowest BCUT2D eigenvalue weighted by Gasteiger charge is -2.62. The van der Waals surface area contributed by atoms with Gasteiger partial charge in [-0.15, -0.1) is 0 Å². The lowest BCUT2D eigenvalue weighted by atomic mass is 9.42. The van der Waals surface area contributed by atoms with E-state index in [2.05, 4.69) is 20.8 Å². The summed E-state index contributed by atoms with van der Waals surface area (Å²) in [6.07, 6.45) is 8.78. The molecule has 0 unspecified atom stereocenters. The van der Waals surface area contributed by atoms with Crippen molar-refractivity contribution in [3.63, 3.8) is 0 Å². The Kier molecular flexibility index (Phi) is 4.16. The molecule has 0 bridgehead atoms. The number of aliphatic hydroxyl groups excluding tert-OH is 1. The van der Waals surface area contributed by atoms with Crippen molar-refractivity contribution >= 4 is 5.78 Å². The second-order valence-corrected chi connectivity index (χ2v) is 10.4. The zero-order valence-electron chi connectivity index (χ0n) is 16.3. The lowest BCUT2D eigenvalue weighted by molar-refractivity contribution is -0.170. The van der Waals surface area contributed by atoms with Crippen molar-refractivity contribution in [1.82, 2.24) is 0 Å². The van der Waals surface area contributed by atoms with Gasteiger partial charge in [-0.3, -0.25) is 4.79 Å². The van der Waals surface area contributed by atoms with Crippen LogP contribution in [0.15, 0.2) is 0 Å². The van der Waals surface area contributed by atoms with Gasteiger partial charge in [0.15, 0.2) is 0 Å². The Balaban J connectivity index is 1.65. The van der Waals surface area contributed by atoms with Crippen LogP contribution in [0.25, 0.3) is 0 Å². The first-order valence-electron chi connectivity index (χ1n) is 10.6. The molecule has 0 radical (unpaired) electrons. The molecule has 4 saturated carbocycles. The molecule has 0 spiro atoms. The van der Waals surface area contributed by atoms with Crippen LogP contribution in [-0.4, -0.2) is 28.2 Å². The van der Waals surface area contributed by atoms with Gasteiger partial charge in [0.05, 0.1) is 5.60 Å². The van der Waals surface area contributed by atoms with Crippen molar-refractivity contribution < 1.29 is 15.0 Å². The first-order chi connectivity index (χ1) is 11.8. The van der Waals surface area contributed by atoms with Crippen LogP contribution in [-0.2, 0) is 4.79 Å². The smallest absolute Gasteiger partial charge is 0.133 e. The molecule has 4 aliphatic carbocycles. The van der Waals surface area contributed by atoms with Gasteiger partial charge in [-0.25, -0.2) is 0 Å². The average Bonchev–Trinajstić information content (AvgIpc) is 2.81. The molecule has 2 N–H and O–H groups in total. The van der Waals surface area contributed by atoms with Crippen LogP contribution < -0.4 is 0 Å². The summed E-state index contributed by atoms with van der Waals surface area (Å²) in [6.45, 7) is 7.20. The number of rotatable bonds is 2. The van der Waals surface area contributed by atoms with Gasteiger partial charge in [-0.2, -0.15) is 0 Å². The SMILES string of the molecule is C[C@H]1CC(=O)C[C@@H]2CC[C@@H]3[C@H](CC[C@@]4(C)[C@H]3CC[C@@]4(O)CCO)[C@]21C. The Morgan fingerprint density at radius 3 is 2.48 bits per heavy atom. The molecule has 0 saturated heterocycles. The van der Waals surface area contributed by atoms with E-state index in [0.717, 1.165) is 32.1 Å². The molecule has 4 fully saturated rings. The third kappa shape index (κ3) is 2.27. The molecule has 142 valence electrons. The highest BCUT2D eigenvalue weighted by atomic mass is 16.3. The molecule has 0 aromatic heterocycles. The molecule has 0 aromatic carbocycles. The molecule has 4 aliphatic rings. The van der Waals surface area contributed by atoms with Crippen molar-refractivity contribution in [3.8, 4) is 0 Å². The summed E-state index contributed by atoms with van der Waals surface area (Å²) >= 11 is 0. The van der Waals surface area contributed by atoms with Crippen molar-refractivity contribution in [1.29, 1.82) is 0 Å². The van der Waals surface area contributed by atoms with Crippen molar-refractivity contribution in [2.75, 3.05) is 6.61 Å². The van der Waals surface area contributed by atoms with Crippen LogP contribution in [0.2, 0.25) is 0 Å². The average molecular weight is 349 g/mol. The van der Waals surface area contributed by atoms with E-state index in [-0.39, 0.29) is 12.0 Å². The number of hydrogen-bond acceptors (Lipinski definition) is 3. The van der Waals surface area contributed by atoms with Crippen LogP contribution in [0.1, 0.15) is 78.6 Å². The number of aliphatic hydroxyl groups is 2. The van der Waals surface area contributed by atoms with Gasteiger partial charge in [0.2, 0.25) is 0 Å². The van der Waals surface area contributed by atoms with Gasteiger partial charge in [0.1, 0.15) is 5.78 Å². The van der Waals surface area contributed by atoms with Gasteiger partial charge in [-0.1, -0.05) is 20.8 Å². The van der Waals surface area contributed by atoms with E-state index >= 15 is 0 Å². The molecular weight excluding hydrogens is 312 g/mol. The Bertz CT molecular complexity index is 559. The number of ketones is 1. The summed E-state index contributed by atoms with van der Waals surface area (Å²) in [5.74, 6) is 3.55. The van der Waals surface area contributed by atoms with E-state index in [9.17, 15) is 15.0 Å². The predicted octanol–water partition coefficient (Wildman–Crippen LogP) is 3.96. The van der Waals surface area contributed by atoms with Crippen molar-refractivity contribution in [2.24, 2.45) is 40.4 Å². The Labute approximate surface area is 152 Å². The number of fused-ring (bicyclic) bond motifs is 5. The number of hydrogen-bond donors (Lipinski definition) is 2. The number of Topliss-reactive ketones (excluding diaryl/α,β-unsaturated/α-hetero) is 1. The maximum Gasteiger partial charge on any atom is 0.133 e. The van der Waals surface area contributed by atoms with Gasteiger partial charge in [0, 0.05) is 19.4 Å². The Morgan fingerprint density at radius 1 is 1.04 bits per heavy atom. The van der Waals surface area contributed by atoms with E-state index in [4.69, 9.17) is 0 Å². The first-order valence-corrected chi connectivity index (χ1v) is 10.6. The van der Waals surface area contributed by atoms with E-state index in [0.29, 0.717) is 47.2 Å². The first kappa shape index (κ1) is 18.0. The molecule has 0 heterocycles. The third-order valence-corrected chi connectivity index (χ3v) is 9.88. The standard InChI is InChI=1S/C22H36O3/c1-14-12-16(24)13-15-4-5-17-18-7-9-22(25,10-11-23)20(18,2)8-6-19(17)21(14,15)3/h14-15,17-19,23,25H,4-13H2,1-3H3/t14-,15-,17-,18-,19-,20-,21-,22+/m0/s1. The molecular formula is C22H36O3. The van der Waals surface area contributed by atoms with Crippen LogP contribution in [0, 0.1) is 40.4 Å². The number of carbonyl (C=O) groups is 1. The molecule has 0 amide bonds. The normalized spacial score (nSPS) is 55.4. The fourth-order valence-electron chi connectivity index (χ4n) is 8.18. The van der Waals surface area contributed by atoms with Gasteiger partial charge >= 0.3 is 0 Å². The molecule has 8 atom stereocenters. The third-order valence-electron chi connectivity index (χ3n) is 9.88. The van der Waals surface area contributed by atoms with Crippen LogP contribution in [0.4, 0.5) is 0 Å². The fraction of sp³-hybridized carbons (Fsp3) is 0.955. The zero-order valence-corrected chi connectivity index (χ0v) is 16.3. The quantitative estimate of drug-likeness (QED) is 0.794. The van der Waals surface area contributed by atoms with Crippen molar-refractivity contribution in [3.05, 3.63) is 0 Å². The Morgan fingerprint density at radius 2 is 1.76 bits per heavy atom. The summed E-state index contributed by atoms with van der Waals surface area (Å²) in [5.41, 5.74) is -0.410. The predicted molar refractivity (Wildman–Crippen MR) is 97.9 cm³/mol. The van der Waals surface area contributed by atoms with Crippen molar-refractivity contribution in [2.45, 2.75) is 84.2 Å². The molecule has 4 rings (SSSR count). The molecule has 0 aromatic rings. The second-order valence-electron chi connectivity index (χ2n) is 10.4. The monoisotopic (exact) mass is 348 g/mol. The summed E-state index contributed by atoms with van der Waals surface area (Å²) in [7, 11) is 0. The minimum atomic E-state index is -0.677. The summed E-state index contributed by atoms with van der Waals surface area (Å²) in [5, 5.41) is 20.8. The van der Waals surface area contributed by atoms with E-state index < -0.39 is 5.60 Å². The maximum atomic E-state index is 12.2. The summed E-state index contributed by atoms with van der Waals surface area (Å²) < 4.78 is 0. The minimum absolute atomic E-state index is 0.0339. The topological polar surface area (TPSA) is 57.5 Å². The Hall–Kier alpha value is -0.410. The minimum Gasteiger partial charge on any atom is -0.396 e. The van der Waals surface area contributed by atoms with Crippen LogP contribution in [0.5, 0.6) is 0 Å². The largest absolute Gasteiger partial charge is 0.396 e. The highest BCUT2D eigenvalue weighted by Gasteiger charge is 2.65. The van der Waals surface area contributed by atoms with E-state index in [1.165, 1.54) is 19.3 Å². The lowest BCUT2D eigenvalue weighted by Crippen LogP contribution is -2.58.